The van der Waals surface area contributed by atoms with Crippen molar-refractivity contribution in [2.75, 3.05) is 11.1 Å². The number of Topliss-reactive ketones (excluding diaryl/α,β-unsaturated/α-hetero) is 1. The van der Waals surface area contributed by atoms with E-state index >= 15 is 0 Å². The van der Waals surface area contributed by atoms with Crippen LogP contribution in [0, 0.1) is 5.92 Å². The summed E-state index contributed by atoms with van der Waals surface area (Å²) in [6.45, 7) is 0. The van der Waals surface area contributed by atoms with Gasteiger partial charge in [0.05, 0.1) is 23.0 Å². The van der Waals surface area contributed by atoms with Crippen molar-refractivity contribution in [2.24, 2.45) is 5.92 Å². The van der Waals surface area contributed by atoms with Gasteiger partial charge in [0, 0.05) is 33.6 Å². The van der Waals surface area contributed by atoms with Gasteiger partial charge in [-0.3, -0.25) is 9.59 Å². The van der Waals surface area contributed by atoms with Crippen LogP contribution in [0.1, 0.15) is 40.4 Å². The number of furan rings is 1. The summed E-state index contributed by atoms with van der Waals surface area (Å²) < 4.78 is 4.00. The highest BCUT2D eigenvalue weighted by Crippen LogP contribution is 2.65. The largest absolute Gasteiger partial charge is 0.468 e. The van der Waals surface area contributed by atoms with E-state index in [4.69, 9.17) is 62.4 Å². The molecule has 10 heteroatoms. The molecule has 1 aromatic heterocycles. The minimum absolute atomic E-state index is 0.0911. The number of rotatable bonds is 10. The van der Waals surface area contributed by atoms with E-state index in [1.165, 1.54) is 0 Å². The Balaban J connectivity index is 1.35. The molecule has 184 valence electrons. The number of carbonyl (C=O) groups is 2. The highest BCUT2D eigenvalue weighted by atomic mass is 35.5. The first-order valence-corrected chi connectivity index (χ1v) is 13.8. The second-order valence-electron chi connectivity index (χ2n) is 8.18. The van der Waals surface area contributed by atoms with Crippen molar-refractivity contribution >= 4 is 87.1 Å². The van der Waals surface area contributed by atoms with Gasteiger partial charge in [0.15, 0.2) is 5.78 Å². The first-order chi connectivity index (χ1) is 16.7. The van der Waals surface area contributed by atoms with Crippen LogP contribution in [0.5, 0.6) is 0 Å². The second kappa shape index (κ2) is 11.4. The van der Waals surface area contributed by atoms with Crippen molar-refractivity contribution < 1.29 is 14.0 Å². The monoisotopic (exact) mass is 589 g/mol. The number of nitrogens with one attached hydrogen (secondary N) is 1. The van der Waals surface area contributed by atoms with Crippen LogP contribution in [0.3, 0.4) is 0 Å². The van der Waals surface area contributed by atoms with Gasteiger partial charge in [0.1, 0.15) is 10.1 Å². The van der Waals surface area contributed by atoms with Crippen LogP contribution in [0.15, 0.2) is 59.2 Å². The Labute approximate surface area is 232 Å². The number of amides is 1. The summed E-state index contributed by atoms with van der Waals surface area (Å²) in [6.07, 6.45) is 2.68. The van der Waals surface area contributed by atoms with Crippen molar-refractivity contribution in [3.05, 3.63) is 86.7 Å². The van der Waals surface area contributed by atoms with Gasteiger partial charge in [-0.15, -0.1) is 23.2 Å². The Morgan fingerprint density at radius 2 is 1.77 bits per heavy atom. The summed E-state index contributed by atoms with van der Waals surface area (Å²) in [6, 6.07) is 13.6. The van der Waals surface area contributed by atoms with Gasteiger partial charge in [-0.25, -0.2) is 0 Å². The highest BCUT2D eigenvalue weighted by molar-refractivity contribution is 7.98. The molecule has 2 aromatic carbocycles. The molecule has 1 N–H and O–H groups in total. The third-order valence-electron chi connectivity index (χ3n) is 5.63. The second-order valence-corrected chi connectivity index (χ2v) is 12.0. The Morgan fingerprint density at radius 1 is 1.03 bits per heavy atom. The summed E-state index contributed by atoms with van der Waals surface area (Å²) in [7, 11) is 0. The fourth-order valence-corrected chi connectivity index (χ4v) is 6.35. The lowest BCUT2D eigenvalue weighted by atomic mass is 10.1. The number of carbonyl (C=O) groups excluding carboxylic acids is 2. The number of hydrogen-bond donors (Lipinski definition) is 1. The Morgan fingerprint density at radius 3 is 2.46 bits per heavy atom. The van der Waals surface area contributed by atoms with Crippen LogP contribution in [0.4, 0.5) is 5.69 Å². The van der Waals surface area contributed by atoms with Gasteiger partial charge in [0.25, 0.3) is 0 Å². The minimum atomic E-state index is -1.30. The number of alkyl halides is 2. The summed E-state index contributed by atoms with van der Waals surface area (Å²) in [4.78, 5) is 25.7. The predicted octanol–water partition coefficient (Wildman–Crippen LogP) is 8.66. The quantitative estimate of drug-likeness (QED) is 0.146. The van der Waals surface area contributed by atoms with Crippen molar-refractivity contribution in [3.63, 3.8) is 0 Å². The van der Waals surface area contributed by atoms with Gasteiger partial charge in [-0.1, -0.05) is 34.8 Å². The van der Waals surface area contributed by atoms with Crippen LogP contribution in [0.2, 0.25) is 15.1 Å². The summed E-state index contributed by atoms with van der Waals surface area (Å²) >= 11 is 33.0. The number of anilines is 1. The van der Waals surface area contributed by atoms with Crippen molar-refractivity contribution in [1.82, 2.24) is 0 Å². The zero-order valence-electron chi connectivity index (χ0n) is 18.2. The fraction of sp³-hybridized carbons (Fsp3) is 0.280. The van der Waals surface area contributed by atoms with Crippen LogP contribution in [-0.2, 0) is 10.5 Å². The maximum atomic E-state index is 13.0. The van der Waals surface area contributed by atoms with Crippen LogP contribution >= 0.6 is 69.8 Å². The number of benzene rings is 2. The standard InChI is InChI=1S/C25H20Cl5NO3S/c26-15-9-14(10-16(27)11-15)22-23(25(22,29)30)24(33)31-17-5-6-20(28)19(12-17)21(32)4-2-8-35-13-18-3-1-7-34-18/h1,3,5-7,9-12,22-23H,2,4,8,13H2,(H,31,33). The van der Waals surface area contributed by atoms with Crippen molar-refractivity contribution in [2.45, 2.75) is 28.8 Å². The van der Waals surface area contributed by atoms with Crippen LogP contribution < -0.4 is 5.32 Å². The molecule has 2 atom stereocenters. The SMILES string of the molecule is O=C(CCCSCc1ccco1)c1cc(NC(=O)C2C(c3cc(Cl)cc(Cl)c3)C2(Cl)Cl)ccc1Cl. The predicted molar refractivity (Wildman–Crippen MR) is 146 cm³/mol. The van der Waals surface area contributed by atoms with E-state index in [1.807, 2.05) is 12.1 Å². The molecule has 4 rings (SSSR count). The summed E-state index contributed by atoms with van der Waals surface area (Å²) in [5, 5.41) is 4.00. The smallest absolute Gasteiger partial charge is 0.231 e. The van der Waals surface area contributed by atoms with Crippen molar-refractivity contribution in [1.29, 1.82) is 0 Å². The van der Waals surface area contributed by atoms with E-state index < -0.39 is 16.2 Å². The molecule has 2 unspecified atom stereocenters. The first-order valence-electron chi connectivity index (χ1n) is 10.7. The van der Waals surface area contributed by atoms with Crippen LogP contribution in [0.25, 0.3) is 0 Å². The van der Waals surface area contributed by atoms with E-state index in [2.05, 4.69) is 5.32 Å². The Bertz CT molecular complexity index is 1210. The van der Waals surface area contributed by atoms with Gasteiger partial charge in [-0.2, -0.15) is 11.8 Å². The Hall–Kier alpha value is -1.34. The summed E-state index contributed by atoms with van der Waals surface area (Å²) in [5.41, 5.74) is 1.48. The zero-order valence-corrected chi connectivity index (χ0v) is 22.8. The van der Waals surface area contributed by atoms with Gasteiger partial charge in [0.2, 0.25) is 5.91 Å². The third-order valence-corrected chi connectivity index (χ3v) is 8.40. The van der Waals surface area contributed by atoms with Crippen molar-refractivity contribution in [3.8, 4) is 0 Å². The number of ketones is 1. The molecule has 35 heavy (non-hydrogen) atoms. The van der Waals surface area contributed by atoms with E-state index in [0.29, 0.717) is 44.7 Å². The fourth-order valence-electron chi connectivity index (χ4n) is 3.90. The van der Waals surface area contributed by atoms with E-state index in [-0.39, 0.29) is 11.7 Å². The molecule has 3 aromatic rings. The van der Waals surface area contributed by atoms with E-state index in [9.17, 15) is 9.59 Å². The Kier molecular flexibility index (Phi) is 8.68. The van der Waals surface area contributed by atoms with E-state index in [0.717, 1.165) is 17.3 Å². The summed E-state index contributed by atoms with van der Waals surface area (Å²) in [5.74, 6) is 0.843. The van der Waals surface area contributed by atoms with Crippen LogP contribution in [-0.4, -0.2) is 21.8 Å². The molecular weight excluding hydrogens is 572 g/mol. The van der Waals surface area contributed by atoms with E-state index in [1.54, 1.807) is 54.4 Å². The molecule has 1 fully saturated rings. The topological polar surface area (TPSA) is 59.3 Å². The van der Waals surface area contributed by atoms with Gasteiger partial charge in [-0.05, 0) is 66.3 Å². The lowest BCUT2D eigenvalue weighted by molar-refractivity contribution is -0.117. The molecular formula is C25H20Cl5NO3S. The maximum Gasteiger partial charge on any atom is 0.231 e. The normalized spacial score (nSPS) is 18.3. The first kappa shape index (κ1) is 26.7. The maximum absolute atomic E-state index is 13.0. The molecule has 1 aliphatic carbocycles. The third kappa shape index (κ3) is 6.51. The average molecular weight is 592 g/mol. The number of halogens is 5. The molecule has 0 radical (unpaired) electrons. The molecule has 1 heterocycles. The lowest BCUT2D eigenvalue weighted by Crippen LogP contribution is -2.17. The zero-order chi connectivity index (χ0) is 25.2. The average Bonchev–Trinajstić information content (AvgIpc) is 3.09. The number of hydrogen-bond acceptors (Lipinski definition) is 4. The molecule has 1 amide bonds. The van der Waals surface area contributed by atoms with Gasteiger partial charge < -0.3 is 9.73 Å². The molecule has 1 saturated carbocycles. The molecule has 1 aliphatic rings. The molecule has 0 aliphatic heterocycles. The molecule has 4 nitrogen and oxygen atoms in total. The lowest BCUT2D eigenvalue weighted by Gasteiger charge is -2.09. The molecule has 0 saturated heterocycles. The number of thioether (sulfide) groups is 1. The molecule has 0 spiro atoms. The minimum Gasteiger partial charge on any atom is -0.468 e. The van der Waals surface area contributed by atoms with Gasteiger partial charge >= 0.3 is 0 Å². The molecule has 0 bridgehead atoms. The highest BCUT2D eigenvalue weighted by Gasteiger charge is 2.67.